The van der Waals surface area contributed by atoms with E-state index < -0.39 is 0 Å². The summed E-state index contributed by atoms with van der Waals surface area (Å²) in [5.74, 6) is -0.432. The molecule has 0 saturated carbocycles. The molecule has 2 N–H and O–H groups in total. The molecule has 2 rings (SSSR count). The van der Waals surface area contributed by atoms with E-state index in [9.17, 15) is 14.4 Å². The standard InChI is InChI=1S/C19H20N2O3/c1-13(22)15-8-10-17(11-9-15)21-19(24)12-18(20-14(2)23)16-6-4-3-5-7-16/h3-11,18H,12H2,1-2H3,(H,20,23)(H,21,24)/t18-/m0/s1. The van der Waals surface area contributed by atoms with Gasteiger partial charge in [-0.3, -0.25) is 14.4 Å². The van der Waals surface area contributed by atoms with Crippen molar-refractivity contribution in [2.45, 2.75) is 26.3 Å². The first kappa shape index (κ1) is 17.4. The molecule has 124 valence electrons. The van der Waals surface area contributed by atoms with Gasteiger partial charge in [-0.25, -0.2) is 0 Å². The molecule has 2 aromatic rings. The summed E-state index contributed by atoms with van der Waals surface area (Å²) in [4.78, 5) is 34.9. The highest BCUT2D eigenvalue weighted by Gasteiger charge is 2.17. The van der Waals surface area contributed by atoms with E-state index in [1.54, 1.807) is 24.3 Å². The van der Waals surface area contributed by atoms with Crippen LogP contribution in [0.15, 0.2) is 54.6 Å². The van der Waals surface area contributed by atoms with Crippen molar-refractivity contribution in [2.75, 3.05) is 5.32 Å². The summed E-state index contributed by atoms with van der Waals surface area (Å²) in [5, 5.41) is 5.57. The SMILES string of the molecule is CC(=O)N[C@@H](CC(=O)Nc1ccc(C(C)=O)cc1)c1ccccc1. The number of carbonyl (C=O) groups is 3. The van der Waals surface area contributed by atoms with Crippen molar-refractivity contribution in [3.63, 3.8) is 0 Å². The number of anilines is 1. The predicted molar refractivity (Wildman–Crippen MR) is 92.7 cm³/mol. The van der Waals surface area contributed by atoms with Crippen molar-refractivity contribution in [2.24, 2.45) is 0 Å². The van der Waals surface area contributed by atoms with Gasteiger partial charge >= 0.3 is 0 Å². The third kappa shape index (κ3) is 5.05. The Morgan fingerprint density at radius 3 is 2.08 bits per heavy atom. The van der Waals surface area contributed by atoms with E-state index in [0.29, 0.717) is 11.3 Å². The molecule has 2 aromatic carbocycles. The molecule has 0 aliphatic carbocycles. The maximum atomic E-state index is 12.3. The molecule has 0 aliphatic rings. The van der Waals surface area contributed by atoms with Gasteiger partial charge in [-0.1, -0.05) is 30.3 Å². The van der Waals surface area contributed by atoms with Crippen LogP contribution in [-0.4, -0.2) is 17.6 Å². The summed E-state index contributed by atoms with van der Waals surface area (Å²) in [6, 6.07) is 15.7. The fourth-order valence-electron chi connectivity index (χ4n) is 2.37. The van der Waals surface area contributed by atoms with Gasteiger partial charge in [0.25, 0.3) is 0 Å². The number of Topliss-reactive ketones (excluding diaryl/α,β-unsaturated/α-hetero) is 1. The van der Waals surface area contributed by atoms with Gasteiger partial charge in [0.05, 0.1) is 12.5 Å². The van der Waals surface area contributed by atoms with Crippen molar-refractivity contribution in [3.8, 4) is 0 Å². The molecule has 5 nitrogen and oxygen atoms in total. The lowest BCUT2D eigenvalue weighted by Gasteiger charge is -2.18. The average Bonchev–Trinajstić information content (AvgIpc) is 2.55. The lowest BCUT2D eigenvalue weighted by Crippen LogP contribution is -2.29. The number of nitrogens with one attached hydrogen (secondary N) is 2. The highest BCUT2D eigenvalue weighted by molar-refractivity contribution is 5.95. The Kier molecular flexibility index (Phi) is 5.84. The van der Waals surface area contributed by atoms with Crippen LogP contribution in [-0.2, 0) is 9.59 Å². The van der Waals surface area contributed by atoms with Gasteiger partial charge in [0.1, 0.15) is 0 Å². The number of benzene rings is 2. The summed E-state index contributed by atoms with van der Waals surface area (Å²) < 4.78 is 0. The Labute approximate surface area is 141 Å². The zero-order chi connectivity index (χ0) is 17.5. The first-order valence-corrected chi connectivity index (χ1v) is 7.68. The molecule has 0 aliphatic heterocycles. The molecule has 0 spiro atoms. The van der Waals surface area contributed by atoms with Crippen LogP contribution in [0.5, 0.6) is 0 Å². The molecular weight excluding hydrogens is 304 g/mol. The topological polar surface area (TPSA) is 75.3 Å². The second-order valence-electron chi connectivity index (χ2n) is 5.55. The van der Waals surface area contributed by atoms with Crippen molar-refractivity contribution in [1.29, 1.82) is 0 Å². The number of ketones is 1. The van der Waals surface area contributed by atoms with E-state index in [-0.39, 0.29) is 30.1 Å². The number of rotatable bonds is 6. The van der Waals surface area contributed by atoms with Crippen LogP contribution in [0.2, 0.25) is 0 Å². The van der Waals surface area contributed by atoms with Gasteiger partial charge < -0.3 is 10.6 Å². The molecule has 24 heavy (non-hydrogen) atoms. The molecule has 2 amide bonds. The minimum atomic E-state index is -0.389. The molecule has 0 aromatic heterocycles. The maximum Gasteiger partial charge on any atom is 0.226 e. The maximum absolute atomic E-state index is 12.3. The predicted octanol–water partition coefficient (Wildman–Crippen LogP) is 3.10. The summed E-state index contributed by atoms with van der Waals surface area (Å²) in [6.07, 6.45) is 0.123. The van der Waals surface area contributed by atoms with Gasteiger partial charge in [0, 0.05) is 18.2 Å². The highest BCUT2D eigenvalue weighted by Crippen LogP contribution is 2.18. The third-order valence-electron chi connectivity index (χ3n) is 3.54. The first-order valence-electron chi connectivity index (χ1n) is 7.68. The van der Waals surface area contributed by atoms with Crippen molar-refractivity contribution >= 4 is 23.3 Å². The lowest BCUT2D eigenvalue weighted by molar-refractivity contribution is -0.120. The Hall–Kier alpha value is -2.95. The van der Waals surface area contributed by atoms with Gasteiger partial charge in [-0.15, -0.1) is 0 Å². The van der Waals surface area contributed by atoms with Gasteiger partial charge in [0.15, 0.2) is 5.78 Å². The van der Waals surface area contributed by atoms with Crippen LogP contribution in [0.3, 0.4) is 0 Å². The number of amides is 2. The molecule has 0 radical (unpaired) electrons. The quantitative estimate of drug-likeness (QED) is 0.802. The lowest BCUT2D eigenvalue weighted by atomic mass is 10.0. The smallest absolute Gasteiger partial charge is 0.226 e. The fourth-order valence-corrected chi connectivity index (χ4v) is 2.37. The normalized spacial score (nSPS) is 11.4. The Morgan fingerprint density at radius 1 is 0.917 bits per heavy atom. The number of carbonyl (C=O) groups excluding carboxylic acids is 3. The van der Waals surface area contributed by atoms with E-state index >= 15 is 0 Å². The molecule has 0 saturated heterocycles. The molecule has 0 heterocycles. The zero-order valence-electron chi connectivity index (χ0n) is 13.7. The average molecular weight is 324 g/mol. The molecule has 5 heteroatoms. The Morgan fingerprint density at radius 2 is 1.54 bits per heavy atom. The van der Waals surface area contributed by atoms with Gasteiger partial charge in [-0.05, 0) is 36.8 Å². The molecule has 0 fully saturated rings. The third-order valence-corrected chi connectivity index (χ3v) is 3.54. The fraction of sp³-hybridized carbons (Fsp3) is 0.211. The van der Waals surface area contributed by atoms with Crippen LogP contribution in [0.1, 0.15) is 42.2 Å². The van der Waals surface area contributed by atoms with E-state index in [1.807, 2.05) is 30.3 Å². The second kappa shape index (κ2) is 8.06. The van der Waals surface area contributed by atoms with Crippen molar-refractivity contribution in [1.82, 2.24) is 5.32 Å². The number of hydrogen-bond acceptors (Lipinski definition) is 3. The van der Waals surface area contributed by atoms with Crippen LogP contribution in [0.4, 0.5) is 5.69 Å². The zero-order valence-corrected chi connectivity index (χ0v) is 13.7. The monoisotopic (exact) mass is 324 g/mol. The van der Waals surface area contributed by atoms with E-state index in [0.717, 1.165) is 5.56 Å². The summed E-state index contributed by atoms with van der Waals surface area (Å²) in [7, 11) is 0. The highest BCUT2D eigenvalue weighted by atomic mass is 16.2. The van der Waals surface area contributed by atoms with E-state index in [4.69, 9.17) is 0 Å². The first-order chi connectivity index (χ1) is 11.5. The van der Waals surface area contributed by atoms with E-state index in [1.165, 1.54) is 13.8 Å². The summed E-state index contributed by atoms with van der Waals surface area (Å²) in [5.41, 5.74) is 2.07. The van der Waals surface area contributed by atoms with Crippen LogP contribution < -0.4 is 10.6 Å². The minimum absolute atomic E-state index is 0.0253. The molecular formula is C19H20N2O3. The number of hydrogen-bond donors (Lipinski definition) is 2. The van der Waals surface area contributed by atoms with Crippen molar-refractivity contribution < 1.29 is 14.4 Å². The molecule has 0 bridgehead atoms. The molecule has 1 atom stereocenters. The second-order valence-corrected chi connectivity index (χ2v) is 5.55. The Bertz CT molecular complexity index is 724. The summed E-state index contributed by atoms with van der Waals surface area (Å²) >= 11 is 0. The molecule has 0 unspecified atom stereocenters. The van der Waals surface area contributed by atoms with Crippen molar-refractivity contribution in [3.05, 3.63) is 65.7 Å². The van der Waals surface area contributed by atoms with Crippen LogP contribution >= 0.6 is 0 Å². The van der Waals surface area contributed by atoms with Gasteiger partial charge in [0.2, 0.25) is 11.8 Å². The Balaban J connectivity index is 2.04. The van der Waals surface area contributed by atoms with E-state index in [2.05, 4.69) is 10.6 Å². The van der Waals surface area contributed by atoms with Crippen LogP contribution in [0, 0.1) is 0 Å². The minimum Gasteiger partial charge on any atom is -0.349 e. The summed E-state index contributed by atoms with van der Waals surface area (Å²) in [6.45, 7) is 2.92. The van der Waals surface area contributed by atoms with Crippen LogP contribution in [0.25, 0.3) is 0 Å². The largest absolute Gasteiger partial charge is 0.349 e. The van der Waals surface area contributed by atoms with Gasteiger partial charge in [-0.2, -0.15) is 0 Å².